The first kappa shape index (κ1) is 9.99. The summed E-state index contributed by atoms with van der Waals surface area (Å²) in [5, 5.41) is 0. The SMILES string of the molecule is Cc1ccccc1-n1ccc(CCN)c1. The highest BCUT2D eigenvalue weighted by Crippen LogP contribution is 2.14. The molecule has 2 N–H and O–H groups in total. The molecule has 0 bridgehead atoms. The number of benzene rings is 1. The van der Waals surface area contributed by atoms with Gasteiger partial charge in [-0.15, -0.1) is 0 Å². The zero-order valence-corrected chi connectivity index (χ0v) is 8.98. The zero-order chi connectivity index (χ0) is 10.7. The van der Waals surface area contributed by atoms with Crippen molar-refractivity contribution < 1.29 is 0 Å². The second-order valence-electron chi connectivity index (χ2n) is 3.75. The topological polar surface area (TPSA) is 30.9 Å². The molecule has 1 heterocycles. The molecule has 0 saturated carbocycles. The molecular weight excluding hydrogens is 184 g/mol. The van der Waals surface area contributed by atoms with Gasteiger partial charge in [-0.25, -0.2) is 0 Å². The largest absolute Gasteiger partial charge is 0.330 e. The Bertz CT molecular complexity index is 443. The van der Waals surface area contributed by atoms with Gasteiger partial charge in [0.2, 0.25) is 0 Å². The Morgan fingerprint density at radius 2 is 2.00 bits per heavy atom. The highest BCUT2D eigenvalue weighted by Gasteiger charge is 2.00. The number of aryl methyl sites for hydroxylation is 1. The lowest BCUT2D eigenvalue weighted by molar-refractivity contribution is 0.960. The molecule has 2 rings (SSSR count). The molecule has 0 aliphatic heterocycles. The molecule has 0 amide bonds. The van der Waals surface area contributed by atoms with E-state index in [9.17, 15) is 0 Å². The molecule has 0 radical (unpaired) electrons. The van der Waals surface area contributed by atoms with Crippen molar-refractivity contribution in [3.8, 4) is 5.69 Å². The number of para-hydroxylation sites is 1. The normalized spacial score (nSPS) is 10.5. The fourth-order valence-electron chi connectivity index (χ4n) is 1.76. The van der Waals surface area contributed by atoms with Gasteiger partial charge >= 0.3 is 0 Å². The van der Waals surface area contributed by atoms with Gasteiger partial charge < -0.3 is 10.3 Å². The molecule has 2 heteroatoms. The number of nitrogens with two attached hydrogens (primary N) is 1. The van der Waals surface area contributed by atoms with Crippen molar-refractivity contribution in [2.45, 2.75) is 13.3 Å². The first-order valence-corrected chi connectivity index (χ1v) is 5.24. The minimum atomic E-state index is 0.706. The standard InChI is InChI=1S/C13H16N2/c1-11-4-2-3-5-13(11)15-9-7-12(10-15)6-8-14/h2-5,7,9-10H,6,8,14H2,1H3. The van der Waals surface area contributed by atoms with Crippen LogP contribution in [0.5, 0.6) is 0 Å². The molecule has 0 saturated heterocycles. The van der Waals surface area contributed by atoms with Crippen molar-refractivity contribution >= 4 is 0 Å². The molecule has 1 aromatic carbocycles. The predicted octanol–water partition coefficient (Wildman–Crippen LogP) is 2.29. The molecule has 15 heavy (non-hydrogen) atoms. The molecular formula is C13H16N2. The molecule has 0 atom stereocenters. The maximum absolute atomic E-state index is 5.53. The van der Waals surface area contributed by atoms with Crippen molar-refractivity contribution in [2.24, 2.45) is 5.73 Å². The van der Waals surface area contributed by atoms with E-state index in [1.807, 2.05) is 0 Å². The average Bonchev–Trinajstić information content (AvgIpc) is 2.68. The Morgan fingerprint density at radius 3 is 2.73 bits per heavy atom. The summed E-state index contributed by atoms with van der Waals surface area (Å²) in [6.45, 7) is 2.83. The molecule has 2 nitrogen and oxygen atoms in total. The highest BCUT2D eigenvalue weighted by atomic mass is 14.9. The highest BCUT2D eigenvalue weighted by molar-refractivity contribution is 5.41. The third kappa shape index (κ3) is 2.10. The number of hydrogen-bond donors (Lipinski definition) is 1. The molecule has 1 aromatic heterocycles. The molecule has 2 aromatic rings. The fourth-order valence-corrected chi connectivity index (χ4v) is 1.76. The quantitative estimate of drug-likeness (QED) is 0.809. The smallest absolute Gasteiger partial charge is 0.0478 e. The predicted molar refractivity (Wildman–Crippen MR) is 63.3 cm³/mol. The number of nitrogens with zero attached hydrogens (tertiary/aromatic N) is 1. The van der Waals surface area contributed by atoms with E-state index in [0.29, 0.717) is 6.54 Å². The molecule has 0 unspecified atom stereocenters. The maximum atomic E-state index is 5.53. The number of hydrogen-bond acceptors (Lipinski definition) is 1. The first-order valence-electron chi connectivity index (χ1n) is 5.24. The minimum Gasteiger partial charge on any atom is -0.330 e. The van der Waals surface area contributed by atoms with Crippen LogP contribution in [-0.2, 0) is 6.42 Å². The van der Waals surface area contributed by atoms with E-state index in [4.69, 9.17) is 5.73 Å². The lowest BCUT2D eigenvalue weighted by atomic mass is 10.2. The van der Waals surface area contributed by atoms with Crippen LogP contribution in [0.15, 0.2) is 42.7 Å². The zero-order valence-electron chi connectivity index (χ0n) is 8.98. The van der Waals surface area contributed by atoms with Gasteiger partial charge in [0.1, 0.15) is 0 Å². The van der Waals surface area contributed by atoms with Gasteiger partial charge in [-0.05, 0) is 43.1 Å². The second kappa shape index (κ2) is 4.32. The van der Waals surface area contributed by atoms with Crippen molar-refractivity contribution in [2.75, 3.05) is 6.54 Å². The Kier molecular flexibility index (Phi) is 2.88. The Morgan fingerprint density at radius 1 is 1.20 bits per heavy atom. The summed E-state index contributed by atoms with van der Waals surface area (Å²) in [5.74, 6) is 0. The van der Waals surface area contributed by atoms with Crippen LogP contribution in [0.2, 0.25) is 0 Å². The van der Waals surface area contributed by atoms with Crippen LogP contribution >= 0.6 is 0 Å². The Balaban J connectivity index is 2.33. The van der Waals surface area contributed by atoms with Gasteiger partial charge in [-0.1, -0.05) is 18.2 Å². The molecule has 78 valence electrons. The fraction of sp³-hybridized carbons (Fsp3) is 0.231. The third-order valence-electron chi connectivity index (χ3n) is 2.58. The van der Waals surface area contributed by atoms with Gasteiger partial charge in [-0.2, -0.15) is 0 Å². The summed E-state index contributed by atoms with van der Waals surface area (Å²) in [6.07, 6.45) is 5.18. The Hall–Kier alpha value is -1.54. The lowest BCUT2D eigenvalue weighted by Crippen LogP contribution is -2.01. The van der Waals surface area contributed by atoms with E-state index in [1.165, 1.54) is 16.8 Å². The first-order chi connectivity index (χ1) is 7.31. The van der Waals surface area contributed by atoms with Crippen LogP contribution in [0.4, 0.5) is 0 Å². The number of aromatic nitrogens is 1. The maximum Gasteiger partial charge on any atom is 0.0478 e. The van der Waals surface area contributed by atoms with Crippen molar-refractivity contribution in [3.05, 3.63) is 53.9 Å². The second-order valence-corrected chi connectivity index (χ2v) is 3.75. The molecule has 0 aliphatic rings. The van der Waals surface area contributed by atoms with Crippen LogP contribution in [0.25, 0.3) is 5.69 Å². The minimum absolute atomic E-state index is 0.706. The van der Waals surface area contributed by atoms with Gasteiger partial charge in [0, 0.05) is 18.1 Å². The Labute approximate surface area is 90.3 Å². The van der Waals surface area contributed by atoms with Crippen LogP contribution in [-0.4, -0.2) is 11.1 Å². The van der Waals surface area contributed by atoms with Crippen LogP contribution in [0, 0.1) is 6.92 Å². The number of rotatable bonds is 3. The van der Waals surface area contributed by atoms with Crippen LogP contribution in [0.3, 0.4) is 0 Å². The van der Waals surface area contributed by atoms with E-state index in [1.54, 1.807) is 0 Å². The summed E-state index contributed by atoms with van der Waals surface area (Å²) in [5.41, 5.74) is 9.34. The summed E-state index contributed by atoms with van der Waals surface area (Å²) in [4.78, 5) is 0. The van der Waals surface area contributed by atoms with E-state index < -0.39 is 0 Å². The summed E-state index contributed by atoms with van der Waals surface area (Å²) >= 11 is 0. The lowest BCUT2D eigenvalue weighted by Gasteiger charge is -2.05. The monoisotopic (exact) mass is 200 g/mol. The van der Waals surface area contributed by atoms with E-state index in [2.05, 4.69) is 54.2 Å². The van der Waals surface area contributed by atoms with Gasteiger partial charge in [0.15, 0.2) is 0 Å². The molecule has 0 spiro atoms. The third-order valence-corrected chi connectivity index (χ3v) is 2.58. The van der Waals surface area contributed by atoms with Crippen molar-refractivity contribution in [3.63, 3.8) is 0 Å². The van der Waals surface area contributed by atoms with Crippen molar-refractivity contribution in [1.29, 1.82) is 0 Å². The van der Waals surface area contributed by atoms with Crippen LogP contribution < -0.4 is 5.73 Å². The molecule has 0 fully saturated rings. The van der Waals surface area contributed by atoms with Gasteiger partial charge in [0.05, 0.1) is 0 Å². The summed E-state index contributed by atoms with van der Waals surface area (Å²) in [6, 6.07) is 10.5. The van der Waals surface area contributed by atoms with Crippen molar-refractivity contribution in [1.82, 2.24) is 4.57 Å². The van der Waals surface area contributed by atoms with Gasteiger partial charge in [-0.3, -0.25) is 0 Å². The molecule has 0 aliphatic carbocycles. The van der Waals surface area contributed by atoms with E-state index >= 15 is 0 Å². The van der Waals surface area contributed by atoms with E-state index in [0.717, 1.165) is 6.42 Å². The van der Waals surface area contributed by atoms with E-state index in [-0.39, 0.29) is 0 Å². The summed E-state index contributed by atoms with van der Waals surface area (Å²) in [7, 11) is 0. The van der Waals surface area contributed by atoms with Crippen LogP contribution in [0.1, 0.15) is 11.1 Å². The summed E-state index contributed by atoms with van der Waals surface area (Å²) < 4.78 is 2.15. The average molecular weight is 200 g/mol. The van der Waals surface area contributed by atoms with Gasteiger partial charge in [0.25, 0.3) is 0 Å².